The van der Waals surface area contributed by atoms with Crippen molar-refractivity contribution in [1.82, 2.24) is 15.0 Å². The Hall–Kier alpha value is -2.04. The van der Waals surface area contributed by atoms with Crippen LogP contribution in [0, 0.1) is 0 Å². The van der Waals surface area contributed by atoms with Gasteiger partial charge in [-0.25, -0.2) is 4.68 Å². The molecule has 1 aromatic carbocycles. The zero-order chi connectivity index (χ0) is 25.8. The molecule has 37 heavy (non-hydrogen) atoms. The molecule has 0 saturated carbocycles. The maximum atomic E-state index is 5.80. The fraction of sp³-hybridized carbons (Fsp3) is 0.714. The Balaban J connectivity index is 1.49. The second kappa shape index (κ2) is 19.1. The van der Waals surface area contributed by atoms with E-state index in [1.807, 2.05) is 4.68 Å². The minimum atomic E-state index is 0.566. The smallest absolute Gasteiger partial charge is 0.0831 e. The van der Waals surface area contributed by atoms with Gasteiger partial charge in [-0.3, -0.25) is 0 Å². The van der Waals surface area contributed by atoms with Gasteiger partial charge in [-0.1, -0.05) is 44.2 Å². The van der Waals surface area contributed by atoms with Crippen molar-refractivity contribution in [3.63, 3.8) is 0 Å². The highest BCUT2D eigenvalue weighted by molar-refractivity contribution is 5.50. The van der Waals surface area contributed by atoms with Gasteiger partial charge in [0.2, 0.25) is 0 Å². The monoisotopic (exact) mass is 518 g/mol. The Kier molecular flexibility index (Phi) is 15.2. The third-order valence-corrected chi connectivity index (χ3v) is 6.31. The standard InChI is InChI=1S/C28H46N4O5/c1-2-3-4-5-6-7-8-26-25-32(30-29-26)28-11-9-27(10-12-28)31-13-15-33-17-19-35-21-23-37-24-22-36-20-18-34-16-14-31/h9-12,25H,2-8,13-24H2,1H3. The molecule has 2 heterocycles. The third-order valence-electron chi connectivity index (χ3n) is 6.31. The lowest BCUT2D eigenvalue weighted by Gasteiger charge is -2.25. The first-order chi connectivity index (χ1) is 18.4. The molecule has 0 amide bonds. The van der Waals surface area contributed by atoms with Gasteiger partial charge in [-0.15, -0.1) is 5.10 Å². The number of nitrogens with zero attached hydrogens (tertiary/aromatic N) is 4. The lowest BCUT2D eigenvalue weighted by Crippen LogP contribution is -2.31. The number of rotatable bonds is 9. The molecule has 0 radical (unpaired) electrons. The summed E-state index contributed by atoms with van der Waals surface area (Å²) < 4.78 is 30.0. The van der Waals surface area contributed by atoms with Gasteiger partial charge in [0.15, 0.2) is 0 Å². The highest BCUT2D eigenvalue weighted by atomic mass is 16.6. The van der Waals surface area contributed by atoms with Crippen LogP contribution in [0.15, 0.2) is 30.5 Å². The number of aryl methyl sites for hydroxylation is 1. The van der Waals surface area contributed by atoms with Crippen LogP contribution in [0.3, 0.4) is 0 Å². The molecular weight excluding hydrogens is 472 g/mol. The first-order valence-electron chi connectivity index (χ1n) is 14.0. The molecule has 0 atom stereocenters. The molecule has 0 spiro atoms. The van der Waals surface area contributed by atoms with E-state index in [-0.39, 0.29) is 0 Å². The summed E-state index contributed by atoms with van der Waals surface area (Å²) in [6, 6.07) is 8.44. The number of hydrogen-bond donors (Lipinski definition) is 0. The fourth-order valence-electron chi connectivity index (χ4n) is 4.14. The molecule has 0 bridgehead atoms. The third kappa shape index (κ3) is 12.4. The molecule has 1 fully saturated rings. The molecule has 0 N–H and O–H groups in total. The quantitative estimate of drug-likeness (QED) is 0.460. The summed E-state index contributed by atoms with van der Waals surface area (Å²) >= 11 is 0. The van der Waals surface area contributed by atoms with E-state index in [1.165, 1.54) is 38.5 Å². The Labute approximate surface area is 222 Å². The van der Waals surface area contributed by atoms with Gasteiger partial charge in [-0.05, 0) is 37.1 Å². The Bertz CT molecular complexity index is 799. The molecule has 0 unspecified atom stereocenters. The fourth-order valence-corrected chi connectivity index (χ4v) is 4.14. The van der Waals surface area contributed by atoms with Crippen molar-refractivity contribution in [2.75, 3.05) is 84.1 Å². The summed E-state index contributed by atoms with van der Waals surface area (Å²) in [5.74, 6) is 0. The molecule has 3 rings (SSSR count). The molecule has 1 aliphatic heterocycles. The zero-order valence-electron chi connectivity index (χ0n) is 22.7. The van der Waals surface area contributed by atoms with E-state index in [0.29, 0.717) is 66.1 Å². The van der Waals surface area contributed by atoms with Crippen molar-refractivity contribution in [3.8, 4) is 5.69 Å². The zero-order valence-corrected chi connectivity index (χ0v) is 22.7. The molecule has 1 aliphatic rings. The van der Waals surface area contributed by atoms with E-state index >= 15 is 0 Å². The van der Waals surface area contributed by atoms with Crippen molar-refractivity contribution in [1.29, 1.82) is 0 Å². The maximum absolute atomic E-state index is 5.80. The molecule has 2 aromatic rings. The molecule has 9 heteroatoms. The van der Waals surface area contributed by atoms with Gasteiger partial charge in [0, 0.05) is 18.8 Å². The van der Waals surface area contributed by atoms with Crippen molar-refractivity contribution in [2.45, 2.75) is 51.9 Å². The maximum Gasteiger partial charge on any atom is 0.0831 e. The van der Waals surface area contributed by atoms with E-state index in [0.717, 1.165) is 36.6 Å². The summed E-state index contributed by atoms with van der Waals surface area (Å²) in [5.41, 5.74) is 3.20. The highest BCUT2D eigenvalue weighted by Gasteiger charge is 2.09. The number of hydrogen-bond acceptors (Lipinski definition) is 8. The number of aromatic nitrogens is 3. The van der Waals surface area contributed by atoms with E-state index in [4.69, 9.17) is 23.7 Å². The normalized spacial score (nSPS) is 17.8. The number of benzene rings is 1. The summed E-state index contributed by atoms with van der Waals surface area (Å²) in [7, 11) is 0. The summed E-state index contributed by atoms with van der Waals surface area (Å²) in [4.78, 5) is 2.29. The molecule has 1 saturated heterocycles. The average Bonchev–Trinajstić information content (AvgIpc) is 3.40. The molecule has 0 aliphatic carbocycles. The van der Waals surface area contributed by atoms with Crippen LogP contribution in [0.5, 0.6) is 0 Å². The predicted molar refractivity (Wildman–Crippen MR) is 145 cm³/mol. The van der Waals surface area contributed by atoms with Crippen LogP contribution in [0.1, 0.15) is 51.1 Å². The first-order valence-corrected chi connectivity index (χ1v) is 14.0. The van der Waals surface area contributed by atoms with Crippen LogP contribution in [-0.2, 0) is 30.1 Å². The lowest BCUT2D eigenvalue weighted by molar-refractivity contribution is -0.0116. The van der Waals surface area contributed by atoms with Crippen LogP contribution in [-0.4, -0.2) is 94.2 Å². The number of anilines is 1. The van der Waals surface area contributed by atoms with Crippen LogP contribution in [0.2, 0.25) is 0 Å². The summed E-state index contributed by atoms with van der Waals surface area (Å²) in [6.07, 6.45) is 10.7. The highest BCUT2D eigenvalue weighted by Crippen LogP contribution is 2.18. The van der Waals surface area contributed by atoms with Gasteiger partial charge in [0.25, 0.3) is 0 Å². The minimum absolute atomic E-state index is 0.566. The van der Waals surface area contributed by atoms with Crippen LogP contribution >= 0.6 is 0 Å². The number of ether oxygens (including phenoxy) is 5. The summed E-state index contributed by atoms with van der Waals surface area (Å²) in [5, 5.41) is 8.73. The van der Waals surface area contributed by atoms with E-state index in [2.05, 4.69) is 52.6 Å². The summed E-state index contributed by atoms with van der Waals surface area (Å²) in [6.45, 7) is 9.58. The van der Waals surface area contributed by atoms with E-state index in [1.54, 1.807) is 0 Å². The second-order valence-electron chi connectivity index (χ2n) is 9.24. The lowest BCUT2D eigenvalue weighted by atomic mass is 10.1. The Morgan fingerprint density at radius 3 is 1.68 bits per heavy atom. The van der Waals surface area contributed by atoms with Crippen molar-refractivity contribution >= 4 is 5.69 Å². The minimum Gasteiger partial charge on any atom is -0.377 e. The Morgan fingerprint density at radius 1 is 0.622 bits per heavy atom. The van der Waals surface area contributed by atoms with Crippen LogP contribution < -0.4 is 4.90 Å². The molecular formula is C28H46N4O5. The average molecular weight is 519 g/mol. The van der Waals surface area contributed by atoms with Crippen molar-refractivity contribution in [3.05, 3.63) is 36.2 Å². The first kappa shape index (κ1) is 29.5. The van der Waals surface area contributed by atoms with Gasteiger partial charge in [-0.2, -0.15) is 0 Å². The van der Waals surface area contributed by atoms with Gasteiger partial charge < -0.3 is 28.6 Å². The van der Waals surface area contributed by atoms with Gasteiger partial charge in [0.1, 0.15) is 0 Å². The van der Waals surface area contributed by atoms with E-state index in [9.17, 15) is 0 Å². The topological polar surface area (TPSA) is 80.1 Å². The predicted octanol–water partition coefficient (Wildman–Crippen LogP) is 4.07. The number of unbranched alkanes of at least 4 members (excludes halogenated alkanes) is 5. The SMILES string of the molecule is CCCCCCCCc1cn(-c2ccc(N3CCOCCOCCOCCOCCOCC3)cc2)nn1. The molecule has 208 valence electrons. The van der Waals surface area contributed by atoms with Gasteiger partial charge in [0.05, 0.1) is 83.6 Å². The van der Waals surface area contributed by atoms with Crippen molar-refractivity contribution in [2.24, 2.45) is 0 Å². The molecule has 1 aromatic heterocycles. The second-order valence-corrected chi connectivity index (χ2v) is 9.24. The largest absolute Gasteiger partial charge is 0.377 e. The van der Waals surface area contributed by atoms with Crippen LogP contribution in [0.4, 0.5) is 5.69 Å². The van der Waals surface area contributed by atoms with Crippen molar-refractivity contribution < 1.29 is 23.7 Å². The van der Waals surface area contributed by atoms with Gasteiger partial charge >= 0.3 is 0 Å². The van der Waals surface area contributed by atoms with Crippen LogP contribution in [0.25, 0.3) is 5.69 Å². The Morgan fingerprint density at radius 2 is 1.11 bits per heavy atom. The van der Waals surface area contributed by atoms with E-state index < -0.39 is 0 Å². The molecule has 9 nitrogen and oxygen atoms in total.